The van der Waals surface area contributed by atoms with Crippen LogP contribution in [0.4, 0.5) is 5.82 Å². The molecule has 0 unspecified atom stereocenters. The molecule has 0 saturated carbocycles. The quantitative estimate of drug-likeness (QED) is 0.814. The van der Waals surface area contributed by atoms with Gasteiger partial charge >= 0.3 is 0 Å². The molecule has 0 aliphatic heterocycles. The lowest BCUT2D eigenvalue weighted by molar-refractivity contribution is 0.281. The van der Waals surface area contributed by atoms with E-state index < -0.39 is 0 Å². The number of pyridine rings is 1. The highest BCUT2D eigenvalue weighted by atomic mass is 79.9. The maximum Gasteiger partial charge on any atom is 0.128 e. The number of hydrogen-bond acceptors (Lipinski definition) is 4. The number of aliphatic hydroxyl groups excluding tert-OH is 2. The minimum Gasteiger partial charge on any atom is -0.396 e. The van der Waals surface area contributed by atoms with Gasteiger partial charge in [0, 0.05) is 30.4 Å². The lowest BCUT2D eigenvalue weighted by atomic mass is 10.3. The van der Waals surface area contributed by atoms with E-state index in [1.807, 2.05) is 17.0 Å². The largest absolute Gasteiger partial charge is 0.396 e. The number of anilines is 1. The van der Waals surface area contributed by atoms with Gasteiger partial charge in [0.2, 0.25) is 0 Å². The van der Waals surface area contributed by atoms with E-state index in [0.717, 1.165) is 10.3 Å². The van der Waals surface area contributed by atoms with Crippen LogP contribution in [0.3, 0.4) is 0 Å². The van der Waals surface area contributed by atoms with Crippen molar-refractivity contribution in [1.29, 1.82) is 0 Å². The third kappa shape index (κ3) is 4.15. The van der Waals surface area contributed by atoms with Crippen LogP contribution in [0.25, 0.3) is 0 Å². The van der Waals surface area contributed by atoms with Crippen molar-refractivity contribution >= 4 is 21.7 Å². The van der Waals surface area contributed by atoms with E-state index in [0.29, 0.717) is 19.5 Å². The molecular weight excluding hydrogens is 260 g/mol. The van der Waals surface area contributed by atoms with Gasteiger partial charge in [-0.05, 0) is 34.5 Å². The summed E-state index contributed by atoms with van der Waals surface area (Å²) in [5, 5.41) is 17.7. The van der Waals surface area contributed by atoms with E-state index in [4.69, 9.17) is 10.2 Å². The molecule has 1 aromatic rings. The molecule has 4 nitrogen and oxygen atoms in total. The van der Waals surface area contributed by atoms with Gasteiger partial charge in [0.25, 0.3) is 0 Å². The summed E-state index contributed by atoms with van der Waals surface area (Å²) in [6.07, 6.45) is 2.40. The lowest BCUT2D eigenvalue weighted by Gasteiger charge is -2.22. The zero-order valence-corrected chi connectivity index (χ0v) is 10.0. The summed E-state index contributed by atoms with van der Waals surface area (Å²) in [4.78, 5) is 6.18. The van der Waals surface area contributed by atoms with Crippen molar-refractivity contribution in [1.82, 2.24) is 4.98 Å². The molecule has 0 atom stereocenters. The van der Waals surface area contributed by atoms with E-state index in [2.05, 4.69) is 20.9 Å². The highest BCUT2D eigenvalue weighted by molar-refractivity contribution is 9.10. The van der Waals surface area contributed by atoms with Gasteiger partial charge in [-0.3, -0.25) is 0 Å². The van der Waals surface area contributed by atoms with Crippen LogP contribution in [-0.2, 0) is 0 Å². The molecule has 1 heterocycles. The van der Waals surface area contributed by atoms with Gasteiger partial charge in [-0.1, -0.05) is 0 Å². The average Bonchev–Trinajstić information content (AvgIpc) is 2.25. The highest BCUT2D eigenvalue weighted by Gasteiger charge is 2.06. The fraction of sp³-hybridized carbons (Fsp3) is 0.500. The first kappa shape index (κ1) is 12.4. The first-order chi connectivity index (χ1) is 7.27. The van der Waals surface area contributed by atoms with E-state index >= 15 is 0 Å². The van der Waals surface area contributed by atoms with E-state index in [9.17, 15) is 0 Å². The van der Waals surface area contributed by atoms with Gasteiger partial charge in [-0.2, -0.15) is 0 Å². The number of nitrogens with zero attached hydrogens (tertiary/aromatic N) is 2. The van der Waals surface area contributed by atoms with Crippen LogP contribution in [0.5, 0.6) is 0 Å². The van der Waals surface area contributed by atoms with Crippen molar-refractivity contribution in [2.24, 2.45) is 0 Å². The van der Waals surface area contributed by atoms with E-state index in [1.54, 1.807) is 6.20 Å². The lowest BCUT2D eigenvalue weighted by Crippen LogP contribution is -2.29. The third-order valence-corrected chi connectivity index (χ3v) is 2.46. The molecule has 0 amide bonds. The maximum absolute atomic E-state index is 8.91. The molecule has 84 valence electrons. The fourth-order valence-electron chi connectivity index (χ4n) is 1.28. The Morgan fingerprint density at radius 1 is 1.20 bits per heavy atom. The molecule has 0 radical (unpaired) electrons. The van der Waals surface area contributed by atoms with Crippen LogP contribution in [-0.4, -0.2) is 41.5 Å². The second-order valence-electron chi connectivity index (χ2n) is 3.12. The predicted octanol–water partition coefficient (Wildman–Crippen LogP) is 1.03. The van der Waals surface area contributed by atoms with Gasteiger partial charge in [0.05, 0.1) is 6.61 Å². The first-order valence-corrected chi connectivity index (χ1v) is 5.65. The Morgan fingerprint density at radius 2 is 2.00 bits per heavy atom. The Kier molecular flexibility index (Phi) is 5.60. The van der Waals surface area contributed by atoms with Crippen LogP contribution >= 0.6 is 15.9 Å². The molecule has 1 rings (SSSR count). The topological polar surface area (TPSA) is 56.6 Å². The predicted molar refractivity (Wildman–Crippen MR) is 62.9 cm³/mol. The molecule has 0 bridgehead atoms. The minimum absolute atomic E-state index is 0.0865. The summed E-state index contributed by atoms with van der Waals surface area (Å²) in [7, 11) is 0. The Hall–Kier alpha value is -0.650. The van der Waals surface area contributed by atoms with Gasteiger partial charge in [-0.25, -0.2) is 4.98 Å². The molecule has 0 aromatic carbocycles. The molecule has 2 N–H and O–H groups in total. The highest BCUT2D eigenvalue weighted by Crippen LogP contribution is 2.14. The first-order valence-electron chi connectivity index (χ1n) is 4.86. The number of aromatic nitrogens is 1. The third-order valence-electron chi connectivity index (χ3n) is 1.99. The number of hydrogen-bond donors (Lipinski definition) is 2. The summed E-state index contributed by atoms with van der Waals surface area (Å²) < 4.78 is 0.928. The van der Waals surface area contributed by atoms with Gasteiger partial charge in [0.15, 0.2) is 0 Å². The molecule has 5 heteroatoms. The second kappa shape index (κ2) is 6.76. The zero-order chi connectivity index (χ0) is 11.1. The van der Waals surface area contributed by atoms with Crippen molar-refractivity contribution in [3.8, 4) is 0 Å². The van der Waals surface area contributed by atoms with Gasteiger partial charge in [-0.15, -0.1) is 0 Å². The summed E-state index contributed by atoms with van der Waals surface area (Å²) in [5.74, 6) is 0.820. The maximum atomic E-state index is 8.91. The Bertz CT molecular complexity index is 279. The van der Waals surface area contributed by atoms with Crippen molar-refractivity contribution in [2.45, 2.75) is 6.42 Å². The molecule has 0 spiro atoms. The van der Waals surface area contributed by atoms with Crippen LogP contribution in [0.15, 0.2) is 22.8 Å². The van der Waals surface area contributed by atoms with Crippen LogP contribution in [0, 0.1) is 0 Å². The van der Waals surface area contributed by atoms with Gasteiger partial charge < -0.3 is 15.1 Å². The van der Waals surface area contributed by atoms with Crippen molar-refractivity contribution in [3.05, 3.63) is 22.8 Å². The SMILES string of the molecule is OCCCN(CCO)c1ccc(Br)cn1. The Balaban J connectivity index is 2.65. The van der Waals surface area contributed by atoms with E-state index in [1.165, 1.54) is 0 Å². The number of aliphatic hydroxyl groups is 2. The molecular formula is C10H15BrN2O2. The standard InChI is InChI=1S/C10H15BrN2O2/c11-9-2-3-10(12-8-9)13(5-7-15)4-1-6-14/h2-3,8,14-15H,1,4-7H2. The summed E-state index contributed by atoms with van der Waals surface area (Å²) in [6, 6.07) is 3.79. The van der Waals surface area contributed by atoms with Crippen molar-refractivity contribution in [3.63, 3.8) is 0 Å². The molecule has 1 aromatic heterocycles. The molecule has 0 aliphatic rings. The Labute approximate surface area is 97.7 Å². The summed E-state index contributed by atoms with van der Waals surface area (Å²) >= 11 is 3.32. The van der Waals surface area contributed by atoms with Crippen LogP contribution in [0.1, 0.15) is 6.42 Å². The normalized spacial score (nSPS) is 10.3. The average molecular weight is 275 g/mol. The number of halogens is 1. The fourth-order valence-corrected chi connectivity index (χ4v) is 1.51. The Morgan fingerprint density at radius 3 is 2.53 bits per heavy atom. The monoisotopic (exact) mass is 274 g/mol. The minimum atomic E-state index is 0.0865. The second-order valence-corrected chi connectivity index (χ2v) is 4.04. The van der Waals surface area contributed by atoms with Crippen LogP contribution in [0.2, 0.25) is 0 Å². The zero-order valence-electron chi connectivity index (χ0n) is 8.43. The van der Waals surface area contributed by atoms with Crippen LogP contribution < -0.4 is 4.90 Å². The van der Waals surface area contributed by atoms with Crippen molar-refractivity contribution in [2.75, 3.05) is 31.2 Å². The van der Waals surface area contributed by atoms with Gasteiger partial charge in [0.1, 0.15) is 5.82 Å². The van der Waals surface area contributed by atoms with E-state index in [-0.39, 0.29) is 13.2 Å². The smallest absolute Gasteiger partial charge is 0.128 e. The molecule has 0 saturated heterocycles. The molecule has 15 heavy (non-hydrogen) atoms. The molecule has 0 fully saturated rings. The summed E-state index contributed by atoms with van der Waals surface area (Å²) in [5.41, 5.74) is 0. The van der Waals surface area contributed by atoms with Crippen molar-refractivity contribution < 1.29 is 10.2 Å². The summed E-state index contributed by atoms with van der Waals surface area (Å²) in [6.45, 7) is 1.47. The molecule has 0 aliphatic carbocycles. The number of rotatable bonds is 6.